The highest BCUT2D eigenvalue weighted by Crippen LogP contribution is 2.40. The zero-order chi connectivity index (χ0) is 23.3. The van der Waals surface area contributed by atoms with Gasteiger partial charge in [-0.25, -0.2) is 14.2 Å². The van der Waals surface area contributed by atoms with Gasteiger partial charge in [0.25, 0.3) is 5.91 Å². The number of aryl methyl sites for hydroxylation is 1. The summed E-state index contributed by atoms with van der Waals surface area (Å²) in [7, 11) is 0. The quantitative estimate of drug-likeness (QED) is 0.476. The Kier molecular flexibility index (Phi) is 4.95. The highest BCUT2D eigenvalue weighted by atomic mass is 19.4. The van der Waals surface area contributed by atoms with Gasteiger partial charge in [0.2, 0.25) is 0 Å². The van der Waals surface area contributed by atoms with E-state index in [0.29, 0.717) is 46.9 Å². The van der Waals surface area contributed by atoms with E-state index in [9.17, 15) is 18.0 Å². The first-order valence-electron chi connectivity index (χ1n) is 10.6. The van der Waals surface area contributed by atoms with Gasteiger partial charge < -0.3 is 5.32 Å². The van der Waals surface area contributed by atoms with Crippen LogP contribution in [0.1, 0.15) is 58.8 Å². The molecule has 7 nitrogen and oxygen atoms in total. The number of halogens is 3. The summed E-state index contributed by atoms with van der Waals surface area (Å²) >= 11 is 0. The van der Waals surface area contributed by atoms with Gasteiger partial charge in [0.1, 0.15) is 5.82 Å². The number of carbonyl (C=O) groups is 1. The predicted molar refractivity (Wildman–Crippen MR) is 116 cm³/mol. The van der Waals surface area contributed by atoms with E-state index < -0.39 is 17.8 Å². The third-order valence-electron chi connectivity index (χ3n) is 5.87. The summed E-state index contributed by atoms with van der Waals surface area (Å²) in [6.45, 7) is 3.69. The molecule has 0 fully saturated rings. The maximum absolute atomic E-state index is 13.6. The summed E-state index contributed by atoms with van der Waals surface area (Å²) in [5.74, 6) is 0.159. The Hall–Kier alpha value is -3.69. The number of hydrogen-bond donors (Lipinski definition) is 1. The Labute approximate surface area is 187 Å². The molecule has 3 heterocycles. The molecule has 0 spiro atoms. The molecule has 1 aliphatic rings. The van der Waals surface area contributed by atoms with Gasteiger partial charge in [-0.05, 0) is 62.4 Å². The number of fused-ring (bicyclic) bond motifs is 2. The maximum Gasteiger partial charge on any atom is 0.435 e. The van der Waals surface area contributed by atoms with Crippen molar-refractivity contribution in [1.82, 2.24) is 24.4 Å². The predicted octanol–water partition coefficient (Wildman–Crippen LogP) is 4.93. The number of rotatable bonds is 3. The third kappa shape index (κ3) is 3.85. The van der Waals surface area contributed by atoms with Gasteiger partial charge >= 0.3 is 6.18 Å². The minimum Gasteiger partial charge on any atom is -0.321 e. The second-order valence-corrected chi connectivity index (χ2v) is 8.30. The number of carbonyl (C=O) groups excluding carboxylic acids is 1. The molecule has 1 aliphatic carbocycles. The smallest absolute Gasteiger partial charge is 0.321 e. The topological polar surface area (TPSA) is 77.1 Å². The Morgan fingerprint density at radius 3 is 2.79 bits per heavy atom. The summed E-state index contributed by atoms with van der Waals surface area (Å²) in [6, 6.07) is 9.93. The van der Waals surface area contributed by atoms with E-state index in [0.717, 1.165) is 6.42 Å². The zero-order valence-electron chi connectivity index (χ0n) is 18.0. The highest BCUT2D eigenvalue weighted by Gasteiger charge is 2.41. The molecule has 10 heteroatoms. The van der Waals surface area contributed by atoms with Crippen molar-refractivity contribution in [3.63, 3.8) is 0 Å². The molecule has 0 radical (unpaired) electrons. The van der Waals surface area contributed by atoms with Gasteiger partial charge in [0.05, 0.1) is 23.3 Å². The number of alkyl halides is 3. The van der Waals surface area contributed by atoms with Gasteiger partial charge in [-0.1, -0.05) is 13.0 Å². The number of pyridine rings is 1. The molecule has 170 valence electrons. The average molecular weight is 454 g/mol. The van der Waals surface area contributed by atoms with Gasteiger partial charge in [-0.15, -0.1) is 0 Å². The lowest BCUT2D eigenvalue weighted by atomic mass is 9.87. The lowest BCUT2D eigenvalue weighted by Crippen LogP contribution is -2.14. The van der Waals surface area contributed by atoms with Crippen molar-refractivity contribution >= 4 is 17.2 Å². The van der Waals surface area contributed by atoms with Crippen LogP contribution in [0.3, 0.4) is 0 Å². The van der Waals surface area contributed by atoms with Crippen LogP contribution in [0.5, 0.6) is 0 Å². The number of anilines is 1. The number of amides is 1. The molecular formula is C23H21F3N6O. The van der Waals surface area contributed by atoms with Crippen molar-refractivity contribution in [2.24, 2.45) is 0 Å². The number of benzene rings is 1. The van der Waals surface area contributed by atoms with Crippen LogP contribution >= 0.6 is 0 Å². The maximum atomic E-state index is 13.6. The Morgan fingerprint density at radius 2 is 2.00 bits per heavy atom. The fourth-order valence-electron chi connectivity index (χ4n) is 4.41. The highest BCUT2D eigenvalue weighted by molar-refractivity contribution is 6.04. The molecule has 33 heavy (non-hydrogen) atoms. The Balaban J connectivity index is 1.49. The van der Waals surface area contributed by atoms with Crippen LogP contribution in [0.25, 0.3) is 11.3 Å². The van der Waals surface area contributed by atoms with E-state index in [-0.39, 0.29) is 11.5 Å². The number of aromatic nitrogens is 5. The SMILES string of the molecule is Cc1nc2ccc(NC(=O)c3cccc(-n4nc(C(F)(F)F)c5c4C(C)CCC5)c3)cn2n1. The monoisotopic (exact) mass is 454 g/mol. The molecule has 1 unspecified atom stereocenters. The van der Waals surface area contributed by atoms with E-state index in [1.54, 1.807) is 54.0 Å². The first kappa shape index (κ1) is 21.2. The Bertz CT molecular complexity index is 1370. The summed E-state index contributed by atoms with van der Waals surface area (Å²) in [6.07, 6.45) is -1.04. The minimum atomic E-state index is -4.53. The number of hydrogen-bond acceptors (Lipinski definition) is 4. The molecule has 1 N–H and O–H groups in total. The molecular weight excluding hydrogens is 433 g/mol. The number of nitrogens with zero attached hydrogens (tertiary/aromatic N) is 5. The van der Waals surface area contributed by atoms with E-state index >= 15 is 0 Å². The molecule has 1 aromatic carbocycles. The van der Waals surface area contributed by atoms with E-state index in [1.807, 2.05) is 6.92 Å². The van der Waals surface area contributed by atoms with Crippen molar-refractivity contribution in [1.29, 1.82) is 0 Å². The first-order chi connectivity index (χ1) is 15.7. The standard InChI is InChI=1S/C23H21F3N6O/c1-13-5-3-8-18-20(13)32(30-21(18)23(24,25)26)17-7-4-6-15(11-17)22(33)28-16-9-10-19-27-14(2)29-31(19)12-16/h4,6-7,9-13H,3,5,8H2,1-2H3,(H,28,33). The Morgan fingerprint density at radius 1 is 1.18 bits per heavy atom. The van der Waals surface area contributed by atoms with Crippen molar-refractivity contribution < 1.29 is 18.0 Å². The molecule has 4 aromatic rings. The van der Waals surface area contributed by atoms with Crippen LogP contribution in [0.2, 0.25) is 0 Å². The molecule has 0 saturated carbocycles. The van der Waals surface area contributed by atoms with E-state index in [2.05, 4.69) is 20.5 Å². The van der Waals surface area contributed by atoms with Crippen LogP contribution in [0.15, 0.2) is 42.6 Å². The van der Waals surface area contributed by atoms with Crippen molar-refractivity contribution in [2.45, 2.75) is 45.2 Å². The lowest BCUT2D eigenvalue weighted by Gasteiger charge is -2.21. The molecule has 0 aliphatic heterocycles. The van der Waals surface area contributed by atoms with Crippen LogP contribution in [-0.4, -0.2) is 30.3 Å². The van der Waals surface area contributed by atoms with Gasteiger partial charge in [-0.2, -0.15) is 23.4 Å². The van der Waals surface area contributed by atoms with Crippen LogP contribution in [0.4, 0.5) is 18.9 Å². The normalized spacial score (nSPS) is 16.1. The fraction of sp³-hybridized carbons (Fsp3) is 0.304. The summed E-state index contributed by atoms with van der Waals surface area (Å²) < 4.78 is 43.8. The van der Waals surface area contributed by atoms with Gasteiger partial charge in [0.15, 0.2) is 11.3 Å². The second-order valence-electron chi connectivity index (χ2n) is 8.30. The largest absolute Gasteiger partial charge is 0.435 e. The number of nitrogens with one attached hydrogen (secondary N) is 1. The van der Waals surface area contributed by atoms with Crippen molar-refractivity contribution in [3.05, 3.63) is 70.9 Å². The minimum absolute atomic E-state index is 0.0623. The van der Waals surface area contributed by atoms with Gasteiger partial charge in [-0.3, -0.25) is 4.79 Å². The molecule has 0 bridgehead atoms. The molecule has 5 rings (SSSR count). The lowest BCUT2D eigenvalue weighted by molar-refractivity contribution is -0.142. The molecule has 3 aromatic heterocycles. The van der Waals surface area contributed by atoms with Crippen molar-refractivity contribution in [2.75, 3.05) is 5.32 Å². The third-order valence-corrected chi connectivity index (χ3v) is 5.87. The summed E-state index contributed by atoms with van der Waals surface area (Å²) in [5, 5.41) is 11.0. The second kappa shape index (κ2) is 7.72. The fourth-order valence-corrected chi connectivity index (χ4v) is 4.41. The van der Waals surface area contributed by atoms with E-state index in [4.69, 9.17) is 0 Å². The van der Waals surface area contributed by atoms with Gasteiger partial charge in [0, 0.05) is 11.1 Å². The molecule has 1 atom stereocenters. The summed E-state index contributed by atoms with van der Waals surface area (Å²) in [5.41, 5.74) is 1.90. The molecule has 1 amide bonds. The molecule has 0 saturated heterocycles. The van der Waals surface area contributed by atoms with Crippen LogP contribution in [-0.2, 0) is 12.6 Å². The van der Waals surface area contributed by atoms with E-state index in [1.165, 1.54) is 4.68 Å². The van der Waals surface area contributed by atoms with Crippen LogP contribution < -0.4 is 5.32 Å². The summed E-state index contributed by atoms with van der Waals surface area (Å²) in [4.78, 5) is 17.1. The van der Waals surface area contributed by atoms with Crippen molar-refractivity contribution in [3.8, 4) is 5.69 Å². The average Bonchev–Trinajstić information content (AvgIpc) is 3.34. The first-order valence-corrected chi connectivity index (χ1v) is 10.6. The zero-order valence-corrected chi connectivity index (χ0v) is 18.0. The van der Waals surface area contributed by atoms with Crippen LogP contribution in [0, 0.1) is 6.92 Å².